The van der Waals surface area contributed by atoms with E-state index in [1.54, 1.807) is 12.1 Å². The van der Waals surface area contributed by atoms with Crippen molar-refractivity contribution in [3.63, 3.8) is 0 Å². The molecule has 2 saturated heterocycles. The van der Waals surface area contributed by atoms with Crippen LogP contribution in [0.3, 0.4) is 0 Å². The Morgan fingerprint density at radius 3 is 1.57 bits per heavy atom. The van der Waals surface area contributed by atoms with Gasteiger partial charge >= 0.3 is 11.9 Å². The van der Waals surface area contributed by atoms with E-state index in [1.807, 2.05) is 36.4 Å². The van der Waals surface area contributed by atoms with E-state index < -0.39 is 24.1 Å². The van der Waals surface area contributed by atoms with Gasteiger partial charge in [-0.3, -0.25) is 0 Å². The van der Waals surface area contributed by atoms with Crippen LogP contribution in [0.4, 0.5) is 0 Å². The summed E-state index contributed by atoms with van der Waals surface area (Å²) >= 11 is 12.5. The summed E-state index contributed by atoms with van der Waals surface area (Å²) in [6, 6.07) is 15.5. The molecule has 2 aromatic rings. The number of halogens is 2. The highest BCUT2D eigenvalue weighted by atomic mass is 35.5. The smallest absolute Gasteiger partial charge is 0.331 e. The first-order chi connectivity index (χ1) is 19.4. The zero-order chi connectivity index (χ0) is 28.5. The molecule has 216 valence electrons. The van der Waals surface area contributed by atoms with E-state index in [4.69, 9.17) is 32.7 Å². The Hall–Kier alpha value is -2.38. The number of carbonyl (C=O) groups excluding carboxylic acids is 2. The van der Waals surface area contributed by atoms with E-state index in [-0.39, 0.29) is 12.1 Å². The Balaban J connectivity index is 1.44. The monoisotopic (exact) mass is 586 g/mol. The molecule has 0 aliphatic carbocycles. The van der Waals surface area contributed by atoms with E-state index in [9.17, 15) is 9.59 Å². The van der Waals surface area contributed by atoms with Crippen LogP contribution in [0.5, 0.6) is 0 Å². The highest BCUT2D eigenvalue weighted by Crippen LogP contribution is 2.33. The number of ether oxygens (including phenoxy) is 2. The third-order valence-electron chi connectivity index (χ3n) is 7.75. The van der Waals surface area contributed by atoms with Crippen molar-refractivity contribution < 1.29 is 19.1 Å². The van der Waals surface area contributed by atoms with E-state index >= 15 is 0 Å². The molecular formula is C32H40Cl2N2O4. The second-order valence-electron chi connectivity index (χ2n) is 10.8. The molecule has 0 saturated carbocycles. The van der Waals surface area contributed by atoms with Gasteiger partial charge in [0.25, 0.3) is 0 Å². The number of esters is 2. The lowest BCUT2D eigenvalue weighted by atomic mass is 10.0. The summed E-state index contributed by atoms with van der Waals surface area (Å²) in [5.41, 5.74) is 1.64. The maximum Gasteiger partial charge on any atom is 0.331 e. The number of nitrogens with one attached hydrogen (secondary N) is 2. The minimum atomic E-state index is -0.607. The predicted octanol–water partition coefficient (Wildman–Crippen LogP) is 7.26. The lowest BCUT2D eigenvalue weighted by molar-refractivity contribution is -0.147. The van der Waals surface area contributed by atoms with Gasteiger partial charge < -0.3 is 20.1 Å². The molecule has 2 fully saturated rings. The minimum Gasteiger partial charge on any atom is -0.453 e. The van der Waals surface area contributed by atoms with Crippen LogP contribution < -0.4 is 10.6 Å². The van der Waals surface area contributed by atoms with Gasteiger partial charge in [0.1, 0.15) is 12.2 Å². The van der Waals surface area contributed by atoms with Gasteiger partial charge in [-0.2, -0.15) is 0 Å². The quantitative estimate of drug-likeness (QED) is 0.201. The van der Waals surface area contributed by atoms with Gasteiger partial charge in [-0.25, -0.2) is 9.59 Å². The van der Waals surface area contributed by atoms with Crippen LogP contribution in [0.25, 0.3) is 0 Å². The number of carbonyl (C=O) groups is 2. The van der Waals surface area contributed by atoms with Gasteiger partial charge in [-0.05, 0) is 73.9 Å². The maximum atomic E-state index is 12.9. The van der Waals surface area contributed by atoms with Crippen molar-refractivity contribution in [2.24, 2.45) is 0 Å². The molecule has 6 nitrogen and oxygen atoms in total. The Kier molecular flexibility index (Phi) is 11.5. The molecule has 0 amide bonds. The second kappa shape index (κ2) is 15.0. The van der Waals surface area contributed by atoms with E-state index in [0.29, 0.717) is 22.1 Å². The van der Waals surface area contributed by atoms with Crippen molar-refractivity contribution in [1.29, 1.82) is 0 Å². The largest absolute Gasteiger partial charge is 0.453 e. The lowest BCUT2D eigenvalue weighted by Crippen LogP contribution is -2.36. The standard InChI is InChI=1S/C32H40Cl2N2O4/c1-3-7-25-13-15-27(35-25)31(21-9-5-11-23(33)19-21)39-29(37)17-18-30(38)40-32(22-10-6-12-24(34)20-22)28-16-14-26(36-28)8-4-2/h5-6,9-12,17-20,25-28,31-32,35-36H,3-4,7-8,13-16H2,1-2H3/b18-17-/t25-,26-,27-,28-,31-,32-/m1/s1. The molecule has 0 unspecified atom stereocenters. The van der Waals surface area contributed by atoms with Crippen molar-refractivity contribution in [3.8, 4) is 0 Å². The summed E-state index contributed by atoms with van der Waals surface area (Å²) in [5, 5.41) is 8.39. The van der Waals surface area contributed by atoms with Crippen LogP contribution in [0.1, 0.15) is 88.5 Å². The summed E-state index contributed by atoms with van der Waals surface area (Å²) in [5.74, 6) is -1.21. The molecule has 2 aromatic carbocycles. The molecule has 0 radical (unpaired) electrons. The first-order valence-corrected chi connectivity index (χ1v) is 15.2. The Morgan fingerprint density at radius 2 is 1.20 bits per heavy atom. The third kappa shape index (κ3) is 8.56. The number of hydrogen-bond donors (Lipinski definition) is 2. The van der Waals surface area contributed by atoms with Crippen molar-refractivity contribution in [3.05, 3.63) is 81.9 Å². The molecule has 0 aromatic heterocycles. The van der Waals surface area contributed by atoms with Crippen molar-refractivity contribution >= 4 is 35.1 Å². The topological polar surface area (TPSA) is 76.7 Å². The molecule has 4 rings (SSSR count). The molecule has 2 N–H and O–H groups in total. The van der Waals surface area contributed by atoms with Crippen LogP contribution in [-0.4, -0.2) is 36.1 Å². The molecule has 0 bridgehead atoms. The molecule has 0 spiro atoms. The Labute approximate surface area is 247 Å². The van der Waals surface area contributed by atoms with Gasteiger partial charge in [0, 0.05) is 46.4 Å². The fraction of sp³-hybridized carbons (Fsp3) is 0.500. The zero-order valence-electron chi connectivity index (χ0n) is 23.3. The first kappa shape index (κ1) is 30.6. The first-order valence-electron chi connectivity index (χ1n) is 14.5. The number of benzene rings is 2. The average Bonchev–Trinajstić information content (AvgIpc) is 3.59. The molecule has 8 heteroatoms. The van der Waals surface area contributed by atoms with Gasteiger partial charge in [-0.1, -0.05) is 74.2 Å². The Morgan fingerprint density at radius 1 is 0.775 bits per heavy atom. The molecule has 40 heavy (non-hydrogen) atoms. The van der Waals surface area contributed by atoms with Gasteiger partial charge in [0.15, 0.2) is 0 Å². The second-order valence-corrected chi connectivity index (χ2v) is 11.7. The summed E-state index contributed by atoms with van der Waals surface area (Å²) in [6.07, 6.45) is 9.38. The summed E-state index contributed by atoms with van der Waals surface area (Å²) < 4.78 is 11.8. The van der Waals surface area contributed by atoms with E-state index in [1.165, 1.54) is 0 Å². The SMILES string of the molecule is CCC[C@@H]1CC[C@H]([C@H](OC(=O)/C=C\C(=O)O[C@H](c2cccc(Cl)c2)[C@H]2CC[C@@H](CCC)N2)c2cccc(Cl)c2)N1. The zero-order valence-corrected chi connectivity index (χ0v) is 24.8. The molecular weight excluding hydrogens is 547 g/mol. The predicted molar refractivity (Wildman–Crippen MR) is 159 cm³/mol. The number of hydrogen-bond acceptors (Lipinski definition) is 6. The van der Waals surface area contributed by atoms with Crippen LogP contribution in [0.2, 0.25) is 10.0 Å². The Bertz CT molecular complexity index is 1080. The average molecular weight is 588 g/mol. The summed E-state index contributed by atoms with van der Waals surface area (Å²) in [7, 11) is 0. The van der Waals surface area contributed by atoms with Gasteiger partial charge in [0.05, 0.1) is 0 Å². The van der Waals surface area contributed by atoms with E-state index in [2.05, 4.69) is 24.5 Å². The molecule has 6 atom stereocenters. The highest BCUT2D eigenvalue weighted by molar-refractivity contribution is 6.30. The van der Waals surface area contributed by atoms with Crippen LogP contribution >= 0.6 is 23.2 Å². The van der Waals surface area contributed by atoms with Crippen LogP contribution in [0.15, 0.2) is 60.7 Å². The highest BCUT2D eigenvalue weighted by Gasteiger charge is 2.34. The summed E-state index contributed by atoms with van der Waals surface area (Å²) in [4.78, 5) is 25.9. The van der Waals surface area contributed by atoms with Gasteiger partial charge in [-0.15, -0.1) is 0 Å². The van der Waals surface area contributed by atoms with Crippen molar-refractivity contribution in [2.45, 2.75) is 102 Å². The maximum absolute atomic E-state index is 12.9. The van der Waals surface area contributed by atoms with Crippen molar-refractivity contribution in [1.82, 2.24) is 10.6 Å². The van der Waals surface area contributed by atoms with Crippen molar-refractivity contribution in [2.75, 3.05) is 0 Å². The fourth-order valence-electron chi connectivity index (χ4n) is 5.93. The van der Waals surface area contributed by atoms with Crippen LogP contribution in [0, 0.1) is 0 Å². The fourth-order valence-corrected chi connectivity index (χ4v) is 6.32. The van der Waals surface area contributed by atoms with Gasteiger partial charge in [0.2, 0.25) is 0 Å². The number of rotatable bonds is 12. The summed E-state index contributed by atoms with van der Waals surface area (Å²) in [6.45, 7) is 4.33. The molecule has 2 aliphatic rings. The van der Waals surface area contributed by atoms with Crippen LogP contribution in [-0.2, 0) is 19.1 Å². The molecule has 2 aliphatic heterocycles. The minimum absolute atomic E-state index is 0.0314. The normalized spacial score (nSPS) is 24.2. The third-order valence-corrected chi connectivity index (χ3v) is 8.22. The molecule has 2 heterocycles. The lowest BCUT2D eigenvalue weighted by Gasteiger charge is -2.25. The van der Waals surface area contributed by atoms with E-state index in [0.717, 1.165) is 74.6 Å².